The molecule has 2 nitrogen and oxygen atoms in total. The molecule has 2 aromatic rings. The zero-order chi connectivity index (χ0) is 15.4. The Morgan fingerprint density at radius 2 is 1.95 bits per heavy atom. The second-order valence-electron chi connectivity index (χ2n) is 4.96. The summed E-state index contributed by atoms with van der Waals surface area (Å²) in [6.45, 7) is 1.26. The molecular formula is C16H17BrCl2N2. The predicted octanol–water partition coefficient (Wildman–Crippen LogP) is 4.89. The van der Waals surface area contributed by atoms with Crippen LogP contribution in [-0.4, -0.2) is 18.5 Å². The maximum atomic E-state index is 6.34. The third-order valence-corrected chi connectivity index (χ3v) is 4.45. The van der Waals surface area contributed by atoms with Gasteiger partial charge in [0.05, 0.1) is 0 Å². The first-order valence-electron chi connectivity index (χ1n) is 6.61. The van der Waals surface area contributed by atoms with Crippen molar-refractivity contribution in [3.63, 3.8) is 0 Å². The summed E-state index contributed by atoms with van der Waals surface area (Å²) in [5, 5.41) is 1.46. The molecule has 1 atom stereocenters. The summed E-state index contributed by atoms with van der Waals surface area (Å²) in [6, 6.07) is 13.8. The van der Waals surface area contributed by atoms with E-state index < -0.39 is 0 Å². The molecule has 1 unspecified atom stereocenters. The highest BCUT2D eigenvalue weighted by Crippen LogP contribution is 2.29. The second-order valence-corrected chi connectivity index (χ2v) is 6.72. The standard InChI is InChI=1S/C16H17BrCl2N2/c1-21(10-11-3-2-4-13(18)7-11)16(9-20)14-6-5-12(17)8-15(14)19/h2-8,16H,9-10,20H2,1H3. The summed E-state index contributed by atoms with van der Waals surface area (Å²) in [7, 11) is 2.04. The van der Waals surface area contributed by atoms with E-state index in [0.29, 0.717) is 6.54 Å². The molecule has 0 bridgehead atoms. The summed E-state index contributed by atoms with van der Waals surface area (Å²) in [6.07, 6.45) is 0. The van der Waals surface area contributed by atoms with Crippen LogP contribution in [0.4, 0.5) is 0 Å². The lowest BCUT2D eigenvalue weighted by atomic mass is 10.0. The normalized spacial score (nSPS) is 12.7. The number of rotatable bonds is 5. The van der Waals surface area contributed by atoms with Gasteiger partial charge in [0.2, 0.25) is 0 Å². The maximum Gasteiger partial charge on any atom is 0.0485 e. The number of hydrogen-bond acceptors (Lipinski definition) is 2. The number of nitrogens with two attached hydrogens (primary N) is 1. The van der Waals surface area contributed by atoms with Crippen LogP contribution in [0.1, 0.15) is 17.2 Å². The van der Waals surface area contributed by atoms with Crippen LogP contribution in [0.2, 0.25) is 10.0 Å². The third-order valence-electron chi connectivity index (χ3n) is 3.40. The van der Waals surface area contributed by atoms with Gasteiger partial charge in [-0.15, -0.1) is 0 Å². The number of hydrogen-bond donors (Lipinski definition) is 1. The number of halogens is 3. The van der Waals surface area contributed by atoms with Gasteiger partial charge in [0.1, 0.15) is 0 Å². The summed E-state index contributed by atoms with van der Waals surface area (Å²) in [4.78, 5) is 2.18. The predicted molar refractivity (Wildman–Crippen MR) is 93.9 cm³/mol. The Kier molecular flexibility index (Phi) is 6.08. The van der Waals surface area contributed by atoms with E-state index in [0.717, 1.165) is 32.2 Å². The van der Waals surface area contributed by atoms with Gasteiger partial charge in [-0.1, -0.05) is 57.3 Å². The van der Waals surface area contributed by atoms with Crippen LogP contribution in [0.5, 0.6) is 0 Å². The van der Waals surface area contributed by atoms with Crippen LogP contribution in [0, 0.1) is 0 Å². The Labute approximate surface area is 144 Å². The highest BCUT2D eigenvalue weighted by molar-refractivity contribution is 9.10. The van der Waals surface area contributed by atoms with Gasteiger partial charge >= 0.3 is 0 Å². The molecule has 2 rings (SSSR count). The van der Waals surface area contributed by atoms with E-state index in [-0.39, 0.29) is 6.04 Å². The first-order chi connectivity index (χ1) is 10.0. The van der Waals surface area contributed by atoms with Crippen LogP contribution < -0.4 is 5.73 Å². The van der Waals surface area contributed by atoms with Crippen molar-refractivity contribution >= 4 is 39.1 Å². The molecule has 0 radical (unpaired) electrons. The van der Waals surface area contributed by atoms with Crippen molar-refractivity contribution in [1.82, 2.24) is 4.90 Å². The van der Waals surface area contributed by atoms with Crippen LogP contribution in [0.25, 0.3) is 0 Å². The van der Waals surface area contributed by atoms with Crippen molar-refractivity contribution in [3.05, 3.63) is 68.1 Å². The molecule has 0 aliphatic rings. The lowest BCUT2D eigenvalue weighted by Crippen LogP contribution is -2.30. The highest BCUT2D eigenvalue weighted by Gasteiger charge is 2.18. The molecule has 2 aromatic carbocycles. The molecule has 0 aliphatic carbocycles. The van der Waals surface area contributed by atoms with E-state index in [4.69, 9.17) is 28.9 Å². The van der Waals surface area contributed by atoms with Crippen molar-refractivity contribution in [3.8, 4) is 0 Å². The summed E-state index contributed by atoms with van der Waals surface area (Å²) < 4.78 is 0.963. The Morgan fingerprint density at radius 3 is 2.57 bits per heavy atom. The number of benzene rings is 2. The van der Waals surface area contributed by atoms with E-state index in [1.165, 1.54) is 0 Å². The van der Waals surface area contributed by atoms with Crippen molar-refractivity contribution in [2.75, 3.05) is 13.6 Å². The molecule has 2 N–H and O–H groups in total. The van der Waals surface area contributed by atoms with Crippen LogP contribution >= 0.6 is 39.1 Å². The minimum absolute atomic E-state index is 0.0598. The first-order valence-corrected chi connectivity index (χ1v) is 8.16. The van der Waals surface area contributed by atoms with Gasteiger partial charge < -0.3 is 5.73 Å². The van der Waals surface area contributed by atoms with Crippen molar-refractivity contribution in [2.45, 2.75) is 12.6 Å². The van der Waals surface area contributed by atoms with Crippen molar-refractivity contribution < 1.29 is 0 Å². The summed E-state index contributed by atoms with van der Waals surface area (Å²) in [5.74, 6) is 0. The van der Waals surface area contributed by atoms with Gasteiger partial charge in [0, 0.05) is 33.6 Å². The van der Waals surface area contributed by atoms with Crippen molar-refractivity contribution in [2.24, 2.45) is 5.73 Å². The number of likely N-dealkylation sites (N-methyl/N-ethyl adjacent to an activating group) is 1. The van der Waals surface area contributed by atoms with Gasteiger partial charge in [0.25, 0.3) is 0 Å². The quantitative estimate of drug-likeness (QED) is 0.791. The molecule has 0 spiro atoms. The van der Waals surface area contributed by atoms with E-state index in [1.54, 1.807) is 0 Å². The molecule has 0 heterocycles. The monoisotopic (exact) mass is 386 g/mol. The molecule has 0 saturated heterocycles. The van der Waals surface area contributed by atoms with E-state index in [9.17, 15) is 0 Å². The van der Waals surface area contributed by atoms with Gasteiger partial charge in [-0.05, 0) is 42.4 Å². The average Bonchev–Trinajstić information content (AvgIpc) is 2.42. The van der Waals surface area contributed by atoms with Crippen LogP contribution in [0.3, 0.4) is 0 Å². The fourth-order valence-electron chi connectivity index (χ4n) is 2.35. The maximum absolute atomic E-state index is 6.34. The van der Waals surface area contributed by atoms with Crippen LogP contribution in [0.15, 0.2) is 46.9 Å². The Balaban J connectivity index is 2.20. The van der Waals surface area contributed by atoms with Crippen LogP contribution in [-0.2, 0) is 6.54 Å². The largest absolute Gasteiger partial charge is 0.329 e. The van der Waals surface area contributed by atoms with Gasteiger partial charge in [-0.2, -0.15) is 0 Å². The smallest absolute Gasteiger partial charge is 0.0485 e. The fraction of sp³-hybridized carbons (Fsp3) is 0.250. The SMILES string of the molecule is CN(Cc1cccc(Cl)c1)C(CN)c1ccc(Br)cc1Cl. The zero-order valence-electron chi connectivity index (χ0n) is 11.7. The third kappa shape index (κ3) is 4.44. The average molecular weight is 388 g/mol. The lowest BCUT2D eigenvalue weighted by molar-refractivity contribution is 0.242. The molecule has 0 saturated carbocycles. The summed E-state index contributed by atoms with van der Waals surface area (Å²) >= 11 is 15.8. The minimum atomic E-state index is 0.0598. The van der Waals surface area contributed by atoms with Gasteiger partial charge in [-0.25, -0.2) is 0 Å². The molecule has 21 heavy (non-hydrogen) atoms. The Hall–Kier alpha value is -0.580. The Morgan fingerprint density at radius 1 is 1.19 bits per heavy atom. The molecule has 0 aliphatic heterocycles. The van der Waals surface area contributed by atoms with Gasteiger partial charge in [-0.3, -0.25) is 4.90 Å². The topological polar surface area (TPSA) is 29.3 Å². The first kappa shape index (κ1) is 16.8. The van der Waals surface area contributed by atoms with E-state index in [2.05, 4.69) is 26.9 Å². The fourth-order valence-corrected chi connectivity index (χ4v) is 3.36. The van der Waals surface area contributed by atoms with Crippen molar-refractivity contribution in [1.29, 1.82) is 0 Å². The molecule has 5 heteroatoms. The second kappa shape index (κ2) is 7.61. The molecular weight excluding hydrogens is 371 g/mol. The number of nitrogens with zero attached hydrogens (tertiary/aromatic N) is 1. The minimum Gasteiger partial charge on any atom is -0.329 e. The zero-order valence-corrected chi connectivity index (χ0v) is 14.8. The van der Waals surface area contributed by atoms with Gasteiger partial charge in [0.15, 0.2) is 0 Å². The molecule has 0 fully saturated rings. The highest BCUT2D eigenvalue weighted by atomic mass is 79.9. The molecule has 0 aromatic heterocycles. The van der Waals surface area contributed by atoms with E-state index in [1.807, 2.05) is 43.4 Å². The molecule has 112 valence electrons. The Bertz CT molecular complexity index is 619. The molecule has 0 amide bonds. The van der Waals surface area contributed by atoms with E-state index >= 15 is 0 Å². The summed E-state index contributed by atoms with van der Waals surface area (Å²) in [5.41, 5.74) is 8.14. The lowest BCUT2D eigenvalue weighted by Gasteiger charge is -2.28.